The fourth-order valence-corrected chi connectivity index (χ4v) is 5.28. The van der Waals surface area contributed by atoms with Crippen molar-refractivity contribution >= 4 is 16.0 Å². The summed E-state index contributed by atoms with van der Waals surface area (Å²) < 4.78 is 39.1. The lowest BCUT2D eigenvalue weighted by atomic mass is 10.1. The molecule has 0 aliphatic rings. The zero-order valence-corrected chi connectivity index (χ0v) is 19.4. The van der Waals surface area contributed by atoms with Crippen molar-refractivity contribution in [3.05, 3.63) is 72.3 Å². The van der Waals surface area contributed by atoms with Crippen LogP contribution in [0.3, 0.4) is 0 Å². The number of benzene rings is 2. The highest BCUT2D eigenvalue weighted by molar-refractivity contribution is 7.89. The number of ether oxygens (including phenoxy) is 2. The third kappa shape index (κ3) is 7.39. The predicted octanol–water partition coefficient (Wildman–Crippen LogP) is 4.24. The van der Waals surface area contributed by atoms with Crippen molar-refractivity contribution in [3.8, 4) is 11.5 Å². The molecule has 0 fully saturated rings. The van der Waals surface area contributed by atoms with E-state index in [0.717, 1.165) is 11.1 Å². The normalized spacial score (nSPS) is 12.3. The highest BCUT2D eigenvalue weighted by Gasteiger charge is 2.32. The number of hydrogen-bond acceptors (Lipinski definition) is 5. The van der Waals surface area contributed by atoms with E-state index in [-0.39, 0.29) is 25.9 Å². The number of allylic oxidation sites excluding steroid dienone is 1. The van der Waals surface area contributed by atoms with Gasteiger partial charge in [-0.15, -0.1) is 6.58 Å². The first-order valence-corrected chi connectivity index (χ1v) is 11.9. The summed E-state index contributed by atoms with van der Waals surface area (Å²) in [6, 6.07) is 14.4. The lowest BCUT2D eigenvalue weighted by Crippen LogP contribution is -2.38. The number of nitrogens with zero attached hydrogens (tertiary/aromatic N) is 1. The zero-order chi connectivity index (χ0) is 23.6. The Morgan fingerprint density at radius 1 is 0.969 bits per heavy atom. The maximum atomic E-state index is 13.7. The molecule has 8 heteroatoms. The number of hydrogen-bond donors (Lipinski definition) is 1. The van der Waals surface area contributed by atoms with Gasteiger partial charge in [0.1, 0.15) is 11.5 Å². The maximum absolute atomic E-state index is 13.7. The second-order valence-electron chi connectivity index (χ2n) is 7.43. The number of carbonyl (C=O) groups is 1. The first-order valence-electron chi connectivity index (χ1n) is 10.4. The Kier molecular flexibility index (Phi) is 9.74. The second kappa shape index (κ2) is 12.3. The summed E-state index contributed by atoms with van der Waals surface area (Å²) in [6.45, 7) is 4.00. The van der Waals surface area contributed by atoms with Crippen LogP contribution in [-0.2, 0) is 27.9 Å². The molecule has 0 aliphatic heterocycles. The Labute approximate surface area is 190 Å². The van der Waals surface area contributed by atoms with Crippen LogP contribution >= 0.6 is 0 Å². The van der Waals surface area contributed by atoms with E-state index in [1.165, 1.54) is 4.31 Å². The maximum Gasteiger partial charge on any atom is 0.303 e. The molecular weight excluding hydrogens is 430 g/mol. The van der Waals surface area contributed by atoms with E-state index in [1.54, 1.807) is 44.6 Å². The van der Waals surface area contributed by atoms with Gasteiger partial charge in [-0.05, 0) is 54.7 Å². The quantitative estimate of drug-likeness (QED) is 0.423. The lowest BCUT2D eigenvalue weighted by Gasteiger charge is -2.28. The first kappa shape index (κ1) is 25.4. The van der Waals surface area contributed by atoms with Crippen molar-refractivity contribution in [1.82, 2.24) is 4.31 Å². The van der Waals surface area contributed by atoms with Gasteiger partial charge in [-0.2, -0.15) is 4.31 Å². The van der Waals surface area contributed by atoms with E-state index in [4.69, 9.17) is 14.6 Å². The minimum absolute atomic E-state index is 0.0488. The van der Waals surface area contributed by atoms with Crippen LogP contribution in [-0.4, -0.2) is 43.3 Å². The molecule has 0 aliphatic carbocycles. The number of carboxylic acids is 1. The molecule has 1 N–H and O–H groups in total. The smallest absolute Gasteiger partial charge is 0.303 e. The van der Waals surface area contributed by atoms with Crippen LogP contribution in [0.1, 0.15) is 36.8 Å². The minimum Gasteiger partial charge on any atom is -0.497 e. The number of aliphatic carboxylic acids is 1. The Morgan fingerprint density at radius 3 is 1.81 bits per heavy atom. The van der Waals surface area contributed by atoms with Gasteiger partial charge in [0.2, 0.25) is 10.0 Å². The van der Waals surface area contributed by atoms with Crippen molar-refractivity contribution in [2.24, 2.45) is 0 Å². The Hall–Kier alpha value is -2.84. The second-order valence-corrected chi connectivity index (χ2v) is 9.64. The topological polar surface area (TPSA) is 93.1 Å². The Bertz CT molecular complexity index is 921. The molecule has 0 saturated carbocycles. The van der Waals surface area contributed by atoms with Crippen LogP contribution in [0.4, 0.5) is 0 Å². The first-order chi connectivity index (χ1) is 15.3. The summed E-state index contributed by atoms with van der Waals surface area (Å²) in [5.41, 5.74) is 1.62. The largest absolute Gasteiger partial charge is 0.497 e. The molecule has 2 aromatic rings. The van der Waals surface area contributed by atoms with Gasteiger partial charge >= 0.3 is 5.97 Å². The van der Waals surface area contributed by atoms with E-state index in [9.17, 15) is 13.2 Å². The van der Waals surface area contributed by atoms with Gasteiger partial charge in [0.25, 0.3) is 0 Å². The summed E-state index contributed by atoms with van der Waals surface area (Å²) in [6.07, 6.45) is 2.30. The van der Waals surface area contributed by atoms with Gasteiger partial charge in [0, 0.05) is 19.5 Å². The third-order valence-corrected chi connectivity index (χ3v) is 7.48. The van der Waals surface area contributed by atoms with Crippen LogP contribution in [0.5, 0.6) is 11.5 Å². The van der Waals surface area contributed by atoms with Gasteiger partial charge in [-0.25, -0.2) is 8.42 Å². The predicted molar refractivity (Wildman–Crippen MR) is 124 cm³/mol. The zero-order valence-electron chi connectivity index (χ0n) is 18.6. The molecule has 32 heavy (non-hydrogen) atoms. The molecule has 7 nitrogen and oxygen atoms in total. The van der Waals surface area contributed by atoms with Gasteiger partial charge < -0.3 is 14.6 Å². The minimum atomic E-state index is -3.80. The summed E-state index contributed by atoms with van der Waals surface area (Å²) >= 11 is 0. The standard InChI is InChI=1S/C24H31NO6S/c1-4-5-6-23(15-16-24(26)27)32(28,29)25(17-19-7-11-21(30-2)12-8-19)18-20-9-13-22(31-3)14-10-20/h4,7-14,23H,1,5-6,15-18H2,2-3H3,(H,26,27). The monoisotopic (exact) mass is 461 g/mol. The summed E-state index contributed by atoms with van der Waals surface area (Å²) in [5, 5.41) is 8.30. The fraction of sp³-hybridized carbons (Fsp3) is 0.375. The molecule has 0 bridgehead atoms. The third-order valence-electron chi connectivity index (χ3n) is 5.19. The van der Waals surface area contributed by atoms with Crippen LogP contribution in [0, 0.1) is 0 Å². The van der Waals surface area contributed by atoms with Gasteiger partial charge in [0.15, 0.2) is 0 Å². The fourth-order valence-electron chi connectivity index (χ4n) is 3.35. The van der Waals surface area contributed by atoms with Crippen LogP contribution < -0.4 is 9.47 Å². The van der Waals surface area contributed by atoms with Gasteiger partial charge in [-0.1, -0.05) is 30.3 Å². The Balaban J connectivity index is 2.36. The SMILES string of the molecule is C=CCCC(CCC(=O)O)S(=O)(=O)N(Cc1ccc(OC)cc1)Cc1ccc(OC)cc1. The van der Waals surface area contributed by atoms with E-state index in [0.29, 0.717) is 24.3 Å². The molecule has 1 unspecified atom stereocenters. The summed E-state index contributed by atoms with van der Waals surface area (Å²) in [7, 11) is -0.656. The Morgan fingerprint density at radius 2 is 1.44 bits per heavy atom. The van der Waals surface area contributed by atoms with Crippen LogP contribution in [0.2, 0.25) is 0 Å². The van der Waals surface area contributed by atoms with Crippen molar-refractivity contribution < 1.29 is 27.8 Å². The van der Waals surface area contributed by atoms with Gasteiger partial charge in [0.05, 0.1) is 19.5 Å². The number of rotatable bonds is 14. The molecule has 0 aromatic heterocycles. The highest BCUT2D eigenvalue weighted by atomic mass is 32.2. The molecule has 174 valence electrons. The summed E-state index contributed by atoms with van der Waals surface area (Å²) in [4.78, 5) is 11.1. The number of sulfonamides is 1. The lowest BCUT2D eigenvalue weighted by molar-refractivity contribution is -0.137. The van der Waals surface area contributed by atoms with Crippen LogP contribution in [0.25, 0.3) is 0 Å². The van der Waals surface area contributed by atoms with Gasteiger partial charge in [-0.3, -0.25) is 4.79 Å². The summed E-state index contributed by atoms with van der Waals surface area (Å²) in [5.74, 6) is 0.355. The average molecular weight is 462 g/mol. The molecule has 0 heterocycles. The number of methoxy groups -OCH3 is 2. The molecule has 0 saturated heterocycles. The van der Waals surface area contributed by atoms with E-state index < -0.39 is 21.2 Å². The van der Waals surface area contributed by atoms with Crippen molar-refractivity contribution in [2.75, 3.05) is 14.2 Å². The highest BCUT2D eigenvalue weighted by Crippen LogP contribution is 2.25. The number of carboxylic acid groups (broad SMARTS) is 1. The van der Waals surface area contributed by atoms with Crippen molar-refractivity contribution in [1.29, 1.82) is 0 Å². The van der Waals surface area contributed by atoms with E-state index in [2.05, 4.69) is 6.58 Å². The van der Waals surface area contributed by atoms with Crippen molar-refractivity contribution in [2.45, 2.75) is 44.0 Å². The molecule has 1 atom stereocenters. The average Bonchev–Trinajstić information content (AvgIpc) is 2.79. The van der Waals surface area contributed by atoms with Crippen molar-refractivity contribution in [3.63, 3.8) is 0 Å². The molecule has 0 spiro atoms. The molecular formula is C24H31NO6S. The molecule has 2 aromatic carbocycles. The molecule has 0 amide bonds. The van der Waals surface area contributed by atoms with Crippen LogP contribution in [0.15, 0.2) is 61.2 Å². The van der Waals surface area contributed by atoms with E-state index in [1.807, 2.05) is 24.3 Å². The van der Waals surface area contributed by atoms with E-state index >= 15 is 0 Å². The molecule has 2 rings (SSSR count). The molecule has 0 radical (unpaired) electrons.